The van der Waals surface area contributed by atoms with Gasteiger partial charge < -0.3 is 24.8 Å². The van der Waals surface area contributed by atoms with Crippen molar-refractivity contribution in [1.29, 1.82) is 0 Å². The van der Waals surface area contributed by atoms with Crippen molar-refractivity contribution in [3.8, 4) is 0 Å². The smallest absolute Gasteiger partial charge is 0.460 e. The molecule has 1 aliphatic heterocycles. The van der Waals surface area contributed by atoms with E-state index in [1.165, 1.54) is 0 Å². The van der Waals surface area contributed by atoms with Gasteiger partial charge in [0.05, 0.1) is 0 Å². The Bertz CT molecular complexity index is 924. The highest BCUT2D eigenvalue weighted by molar-refractivity contribution is 5.89. The second-order valence-corrected chi connectivity index (χ2v) is 6.67. The van der Waals surface area contributed by atoms with Crippen molar-refractivity contribution < 1.29 is 100 Å². The molecule has 1 aliphatic rings. The molecule has 1 heterocycles. The Kier molecular flexibility index (Phi) is 7.50. The van der Waals surface area contributed by atoms with E-state index in [-0.39, 0.29) is 0 Å². The van der Waals surface area contributed by atoms with Crippen LogP contribution in [0.5, 0.6) is 0 Å². The number of carbonyl (C=O) groups excluding carboxylic acids is 2. The number of aliphatic hydroxyl groups excluding tert-OH is 3. The third kappa shape index (κ3) is 4.21. The molecule has 0 amide bonds. The summed E-state index contributed by atoms with van der Waals surface area (Å²) in [5, 5.41) is 27.5. The van der Waals surface area contributed by atoms with Gasteiger partial charge in [0.25, 0.3) is 0 Å². The summed E-state index contributed by atoms with van der Waals surface area (Å²) in [4.78, 5) is 22.0. The van der Waals surface area contributed by atoms with Crippen molar-refractivity contribution in [3.63, 3.8) is 0 Å². The fourth-order valence-electron chi connectivity index (χ4n) is 2.16. The van der Waals surface area contributed by atoms with Crippen molar-refractivity contribution >= 4 is 11.9 Å². The first-order valence-corrected chi connectivity index (χ1v) is 8.16. The van der Waals surface area contributed by atoms with E-state index in [2.05, 4.69) is 9.47 Å². The monoisotopic (exact) mass is 572 g/mol. The number of hydrogen-bond donors (Lipinski definition) is 3. The quantitative estimate of drug-likeness (QED) is 0.287. The minimum absolute atomic E-state index is 1.57. The first-order chi connectivity index (χ1) is 15.6. The van der Waals surface area contributed by atoms with Gasteiger partial charge >= 0.3 is 53.7 Å². The lowest BCUT2D eigenvalue weighted by atomic mass is 9.91. The molecule has 3 N–H and O–H groups in total. The maximum atomic E-state index is 13.6. The minimum atomic E-state index is -8.61. The zero-order valence-corrected chi connectivity index (χ0v) is 16.0. The fraction of sp³-hybridized carbons (Fsp3) is 0.714. The fourth-order valence-corrected chi connectivity index (χ4v) is 2.16. The lowest BCUT2D eigenvalue weighted by Gasteiger charge is -2.40. The molecule has 210 valence electrons. The summed E-state index contributed by atoms with van der Waals surface area (Å²) in [6.07, 6.45) is -13.0. The molecule has 0 aromatic carbocycles. The van der Waals surface area contributed by atoms with E-state index < -0.39 is 84.0 Å². The normalized spacial score (nSPS) is 19.9. The summed E-state index contributed by atoms with van der Waals surface area (Å²) in [6.45, 7) is -2.16. The molecule has 0 unspecified atom stereocenters. The molecule has 0 spiro atoms. The Morgan fingerprint density at radius 1 is 0.778 bits per heavy atom. The van der Waals surface area contributed by atoms with E-state index in [0.29, 0.717) is 0 Å². The van der Waals surface area contributed by atoms with Gasteiger partial charge in [-0.2, -0.15) is 65.9 Å². The van der Waals surface area contributed by atoms with Crippen LogP contribution in [0.2, 0.25) is 0 Å². The Morgan fingerprint density at radius 2 is 1.17 bits per heavy atom. The van der Waals surface area contributed by atoms with E-state index >= 15 is 0 Å². The highest BCUT2D eigenvalue weighted by Crippen LogP contribution is 2.62. The molecule has 0 saturated heterocycles. The second kappa shape index (κ2) is 8.64. The maximum absolute atomic E-state index is 13.6. The van der Waals surface area contributed by atoms with Crippen LogP contribution >= 0.6 is 0 Å². The molecule has 36 heavy (non-hydrogen) atoms. The predicted molar refractivity (Wildman–Crippen MR) is 74.9 cm³/mol. The summed E-state index contributed by atoms with van der Waals surface area (Å²) in [6, 6.07) is 0. The van der Waals surface area contributed by atoms with Gasteiger partial charge in [0.15, 0.2) is 11.9 Å². The standard InChI is InChI=1S/C14H7F15O7/c15-8(16,7(34)35-1-2(30)5-3(31)4(32)6(33)36-5)9(17,18)10(19,20)11(21,22)12(23,24)13(25,26)14(27,28)29/h2,5,30-32H,1H2/t2-,5+/m0/s1. The molecule has 7 nitrogen and oxygen atoms in total. The average Bonchev–Trinajstić information content (AvgIpc) is 2.97. The van der Waals surface area contributed by atoms with Crippen LogP contribution in [-0.2, 0) is 19.1 Å². The molecule has 1 rings (SSSR count). The molecule has 0 radical (unpaired) electrons. The van der Waals surface area contributed by atoms with E-state index in [1.54, 1.807) is 0 Å². The number of aliphatic hydroxyl groups is 3. The highest BCUT2D eigenvalue weighted by Gasteiger charge is 2.94. The van der Waals surface area contributed by atoms with Gasteiger partial charge in [-0.3, -0.25) is 0 Å². The SMILES string of the molecule is O=C1O[C@H]([C@@H](O)COC(=O)C(F)(F)C(F)(F)C(F)(F)C(F)(F)C(F)(F)C(F)(F)C(F)(F)F)C(O)=C1O. The lowest BCUT2D eigenvalue weighted by Crippen LogP contribution is -2.73. The minimum Gasteiger partial charge on any atom is -0.505 e. The van der Waals surface area contributed by atoms with Crippen molar-refractivity contribution in [1.82, 2.24) is 0 Å². The molecular formula is C14H7F15O7. The Hall–Kier alpha value is -2.81. The summed E-state index contributed by atoms with van der Waals surface area (Å²) in [5.41, 5.74) is 0. The summed E-state index contributed by atoms with van der Waals surface area (Å²) < 4.78 is 203. The predicted octanol–water partition coefficient (Wildman–Crippen LogP) is 3.52. The Labute approximate surface area is 185 Å². The largest absolute Gasteiger partial charge is 0.505 e. The van der Waals surface area contributed by atoms with Crippen LogP contribution in [0.15, 0.2) is 11.5 Å². The number of hydrogen-bond acceptors (Lipinski definition) is 7. The number of ether oxygens (including phenoxy) is 2. The van der Waals surface area contributed by atoms with E-state index in [4.69, 9.17) is 10.2 Å². The number of esters is 2. The Morgan fingerprint density at radius 3 is 1.53 bits per heavy atom. The highest BCUT2D eigenvalue weighted by atomic mass is 19.4. The van der Waals surface area contributed by atoms with Crippen LogP contribution in [0.3, 0.4) is 0 Å². The van der Waals surface area contributed by atoms with E-state index in [1.807, 2.05) is 0 Å². The molecule has 22 heteroatoms. The first kappa shape index (κ1) is 31.2. The van der Waals surface area contributed by atoms with Crippen LogP contribution in [0, 0.1) is 0 Å². The van der Waals surface area contributed by atoms with Crippen molar-refractivity contribution in [3.05, 3.63) is 11.5 Å². The van der Waals surface area contributed by atoms with Crippen LogP contribution in [0.25, 0.3) is 0 Å². The zero-order chi connectivity index (χ0) is 29.1. The average molecular weight is 572 g/mol. The number of cyclic esters (lactones) is 1. The van der Waals surface area contributed by atoms with E-state index in [9.17, 15) is 80.6 Å². The summed E-state index contributed by atoms with van der Waals surface area (Å²) >= 11 is 0. The topological polar surface area (TPSA) is 113 Å². The van der Waals surface area contributed by atoms with Gasteiger partial charge in [0.2, 0.25) is 5.76 Å². The third-order valence-electron chi connectivity index (χ3n) is 4.26. The second-order valence-electron chi connectivity index (χ2n) is 6.67. The van der Waals surface area contributed by atoms with Crippen LogP contribution < -0.4 is 0 Å². The van der Waals surface area contributed by atoms with Gasteiger partial charge in [-0.15, -0.1) is 0 Å². The van der Waals surface area contributed by atoms with Crippen LogP contribution in [0.1, 0.15) is 0 Å². The molecule has 0 aromatic heterocycles. The lowest BCUT2D eigenvalue weighted by molar-refractivity contribution is -0.450. The molecule has 0 saturated carbocycles. The molecular weight excluding hydrogens is 565 g/mol. The zero-order valence-electron chi connectivity index (χ0n) is 16.0. The first-order valence-electron chi connectivity index (χ1n) is 8.16. The number of halogens is 15. The van der Waals surface area contributed by atoms with Crippen LogP contribution in [0.4, 0.5) is 65.9 Å². The van der Waals surface area contributed by atoms with Crippen molar-refractivity contribution in [2.75, 3.05) is 6.61 Å². The van der Waals surface area contributed by atoms with E-state index in [0.717, 1.165) is 0 Å². The van der Waals surface area contributed by atoms with Crippen molar-refractivity contribution in [2.45, 2.75) is 53.9 Å². The molecule has 2 atom stereocenters. The summed E-state index contributed by atoms with van der Waals surface area (Å²) in [5.74, 6) is -58.4. The maximum Gasteiger partial charge on any atom is 0.460 e. The number of carbonyl (C=O) groups is 2. The molecule has 0 aromatic rings. The molecule has 0 fully saturated rings. The molecule has 0 aliphatic carbocycles. The van der Waals surface area contributed by atoms with Crippen molar-refractivity contribution in [2.24, 2.45) is 0 Å². The van der Waals surface area contributed by atoms with Gasteiger partial charge in [0, 0.05) is 0 Å². The number of alkyl halides is 15. The Balaban J connectivity index is 3.27. The molecule has 0 bridgehead atoms. The van der Waals surface area contributed by atoms with Crippen LogP contribution in [-0.4, -0.2) is 87.8 Å². The van der Waals surface area contributed by atoms with Gasteiger partial charge in [0.1, 0.15) is 12.7 Å². The number of rotatable bonds is 9. The summed E-state index contributed by atoms with van der Waals surface area (Å²) in [7, 11) is 0. The van der Waals surface area contributed by atoms with Gasteiger partial charge in [-0.05, 0) is 0 Å². The third-order valence-corrected chi connectivity index (χ3v) is 4.26. The van der Waals surface area contributed by atoms with Gasteiger partial charge in [-0.25, -0.2) is 9.59 Å². The van der Waals surface area contributed by atoms with Gasteiger partial charge in [-0.1, -0.05) is 0 Å².